The highest BCUT2D eigenvalue weighted by Gasteiger charge is 2.54. The summed E-state index contributed by atoms with van der Waals surface area (Å²) in [6.07, 6.45) is 10.1. The van der Waals surface area contributed by atoms with Crippen LogP contribution in [0.5, 0.6) is 0 Å². The quantitative estimate of drug-likeness (QED) is 0.558. The van der Waals surface area contributed by atoms with E-state index in [9.17, 15) is 4.79 Å². The van der Waals surface area contributed by atoms with Crippen molar-refractivity contribution in [3.05, 3.63) is 34.4 Å². The number of anilines is 1. The Morgan fingerprint density at radius 3 is 2.33 bits per heavy atom. The van der Waals surface area contributed by atoms with Gasteiger partial charge in [0.05, 0.1) is 10.7 Å². The molecule has 0 spiro atoms. The van der Waals surface area contributed by atoms with Crippen molar-refractivity contribution in [3.63, 3.8) is 0 Å². The molecule has 4 aliphatic carbocycles. The molecule has 0 unspecified atom stereocenters. The van der Waals surface area contributed by atoms with Crippen LogP contribution in [0.1, 0.15) is 63.5 Å². The molecule has 1 heterocycles. The molecular weight excluding hydrogens is 356 g/mol. The molecule has 3 N–H and O–H groups in total. The number of nitrogens with one attached hydrogen (secondary N) is 1. The van der Waals surface area contributed by atoms with Gasteiger partial charge in [-0.25, -0.2) is 0 Å². The number of benzene rings is 1. The summed E-state index contributed by atoms with van der Waals surface area (Å²) in [5.41, 5.74) is 9.56. The molecule has 1 aromatic rings. The first-order valence-electron chi connectivity index (χ1n) is 10.4. The standard InChI is InChI=1S/C23H29ClN2O/c1-22(2)12-16-6-18(24)19(25)7-17(16)20(26-22)8-21(27)23-9-13-3-14(10-23)5-15(4-13)11-23/h6-8,13-15,26H,3-5,9-12,25H2,1-2H3. The molecule has 0 radical (unpaired) electrons. The maximum Gasteiger partial charge on any atom is 0.163 e. The number of carbonyl (C=O) groups excluding carboxylic acids is 1. The third kappa shape index (κ3) is 2.90. The molecule has 144 valence electrons. The summed E-state index contributed by atoms with van der Waals surface area (Å²) < 4.78 is 0. The highest BCUT2D eigenvalue weighted by atomic mass is 35.5. The van der Waals surface area contributed by atoms with Crippen molar-refractivity contribution in [1.82, 2.24) is 5.32 Å². The van der Waals surface area contributed by atoms with Gasteiger partial charge in [-0.05, 0) is 94.2 Å². The minimum atomic E-state index is -0.111. The third-order valence-electron chi connectivity index (χ3n) is 7.45. The van der Waals surface area contributed by atoms with Crippen LogP contribution in [0, 0.1) is 23.2 Å². The van der Waals surface area contributed by atoms with Gasteiger partial charge in [0.15, 0.2) is 5.78 Å². The largest absolute Gasteiger partial charge is 0.398 e. The molecule has 4 fully saturated rings. The van der Waals surface area contributed by atoms with Crippen LogP contribution in [0.3, 0.4) is 0 Å². The number of nitrogen functional groups attached to an aromatic ring is 1. The fourth-order valence-corrected chi connectivity index (χ4v) is 6.98. The maximum absolute atomic E-state index is 13.6. The topological polar surface area (TPSA) is 55.1 Å². The Hall–Kier alpha value is -1.48. The van der Waals surface area contributed by atoms with Gasteiger partial charge in [-0.1, -0.05) is 11.6 Å². The van der Waals surface area contributed by atoms with Crippen LogP contribution >= 0.6 is 11.6 Å². The molecule has 5 aliphatic rings. The van der Waals surface area contributed by atoms with Crippen molar-refractivity contribution >= 4 is 28.8 Å². The van der Waals surface area contributed by atoms with Gasteiger partial charge in [0.1, 0.15) is 0 Å². The summed E-state index contributed by atoms with van der Waals surface area (Å²) in [6, 6.07) is 3.90. The molecule has 0 amide bonds. The number of fused-ring (bicyclic) bond motifs is 1. The van der Waals surface area contributed by atoms with Crippen LogP contribution in [-0.4, -0.2) is 11.3 Å². The van der Waals surface area contributed by atoms with E-state index < -0.39 is 0 Å². The highest BCUT2D eigenvalue weighted by molar-refractivity contribution is 6.33. The smallest absolute Gasteiger partial charge is 0.163 e. The zero-order valence-electron chi connectivity index (χ0n) is 16.3. The number of halogens is 1. The molecule has 0 aromatic heterocycles. The Labute approximate surface area is 166 Å². The van der Waals surface area contributed by atoms with E-state index in [1.54, 1.807) is 0 Å². The molecule has 3 nitrogen and oxygen atoms in total. The fraction of sp³-hybridized carbons (Fsp3) is 0.609. The molecule has 1 aliphatic heterocycles. The number of hydrogen-bond donors (Lipinski definition) is 2. The SMILES string of the molecule is CC1(C)Cc2cc(Cl)c(N)cc2C(=CC(=O)C23CC4CC(CC(C4)C2)C3)N1. The van der Waals surface area contributed by atoms with Crippen molar-refractivity contribution in [2.75, 3.05) is 5.73 Å². The fourth-order valence-electron chi connectivity index (χ4n) is 6.79. The van der Waals surface area contributed by atoms with E-state index in [-0.39, 0.29) is 11.0 Å². The minimum Gasteiger partial charge on any atom is -0.398 e. The zero-order valence-corrected chi connectivity index (χ0v) is 17.0. The minimum absolute atomic E-state index is 0.108. The van der Waals surface area contributed by atoms with Gasteiger partial charge in [-0.2, -0.15) is 0 Å². The van der Waals surface area contributed by atoms with Crippen LogP contribution in [0.2, 0.25) is 5.02 Å². The first-order valence-corrected chi connectivity index (χ1v) is 10.7. The van der Waals surface area contributed by atoms with Crippen LogP contribution in [-0.2, 0) is 11.2 Å². The van der Waals surface area contributed by atoms with Crippen molar-refractivity contribution < 1.29 is 4.79 Å². The molecule has 0 atom stereocenters. The highest BCUT2D eigenvalue weighted by Crippen LogP contribution is 2.60. The second-order valence-corrected chi connectivity index (χ2v) is 10.7. The summed E-state index contributed by atoms with van der Waals surface area (Å²) in [5.74, 6) is 2.66. The lowest BCUT2D eigenvalue weighted by molar-refractivity contribution is -0.138. The van der Waals surface area contributed by atoms with Crippen molar-refractivity contribution in [3.8, 4) is 0 Å². The van der Waals surface area contributed by atoms with Crippen LogP contribution < -0.4 is 11.1 Å². The first-order chi connectivity index (χ1) is 12.7. The summed E-state index contributed by atoms with van der Waals surface area (Å²) >= 11 is 6.27. The van der Waals surface area contributed by atoms with Gasteiger partial charge in [0.2, 0.25) is 0 Å². The lowest BCUT2D eigenvalue weighted by atomic mass is 9.48. The number of nitrogens with two attached hydrogens (primary N) is 1. The van der Waals surface area contributed by atoms with E-state index in [2.05, 4.69) is 19.2 Å². The van der Waals surface area contributed by atoms with Crippen LogP contribution in [0.4, 0.5) is 5.69 Å². The molecule has 6 rings (SSSR count). The van der Waals surface area contributed by atoms with E-state index in [1.807, 2.05) is 18.2 Å². The monoisotopic (exact) mass is 384 g/mol. The summed E-state index contributed by atoms with van der Waals surface area (Å²) in [7, 11) is 0. The number of rotatable bonds is 2. The summed E-state index contributed by atoms with van der Waals surface area (Å²) in [5, 5.41) is 4.20. The van der Waals surface area contributed by atoms with E-state index in [0.29, 0.717) is 16.5 Å². The number of allylic oxidation sites excluding steroid dienone is 1. The van der Waals surface area contributed by atoms with Gasteiger partial charge >= 0.3 is 0 Å². The van der Waals surface area contributed by atoms with Gasteiger partial charge in [-0.15, -0.1) is 0 Å². The average Bonchev–Trinajstić information content (AvgIpc) is 2.54. The molecule has 4 bridgehead atoms. The molecule has 4 saturated carbocycles. The van der Waals surface area contributed by atoms with Gasteiger partial charge in [0, 0.05) is 28.3 Å². The van der Waals surface area contributed by atoms with Crippen molar-refractivity contribution in [2.24, 2.45) is 23.2 Å². The maximum atomic E-state index is 13.6. The molecule has 4 heteroatoms. The predicted octanol–water partition coefficient (Wildman–Crippen LogP) is 4.97. The lowest BCUT2D eigenvalue weighted by Gasteiger charge is -2.55. The number of hydrogen-bond acceptors (Lipinski definition) is 3. The van der Waals surface area contributed by atoms with E-state index in [1.165, 1.54) is 24.8 Å². The van der Waals surface area contributed by atoms with Gasteiger partial charge in [-0.3, -0.25) is 4.79 Å². The lowest BCUT2D eigenvalue weighted by Crippen LogP contribution is -2.50. The normalized spacial score (nSPS) is 37.1. The average molecular weight is 385 g/mol. The van der Waals surface area contributed by atoms with E-state index >= 15 is 0 Å². The Kier molecular flexibility index (Phi) is 3.76. The second kappa shape index (κ2) is 5.76. The van der Waals surface area contributed by atoms with Crippen molar-refractivity contribution in [2.45, 2.75) is 64.3 Å². The van der Waals surface area contributed by atoms with Gasteiger partial charge < -0.3 is 11.1 Å². The molecule has 27 heavy (non-hydrogen) atoms. The molecule has 1 aromatic carbocycles. The Bertz CT molecular complexity index is 819. The zero-order chi connectivity index (χ0) is 19.0. The number of ketones is 1. The predicted molar refractivity (Wildman–Crippen MR) is 110 cm³/mol. The first kappa shape index (κ1) is 17.6. The number of carbonyl (C=O) groups is 1. The third-order valence-corrected chi connectivity index (χ3v) is 7.78. The van der Waals surface area contributed by atoms with Crippen LogP contribution in [0.25, 0.3) is 5.70 Å². The Balaban J connectivity index is 1.53. The second-order valence-electron chi connectivity index (χ2n) is 10.3. The van der Waals surface area contributed by atoms with Gasteiger partial charge in [0.25, 0.3) is 0 Å². The summed E-state index contributed by atoms with van der Waals surface area (Å²) in [4.78, 5) is 13.6. The molecular formula is C23H29ClN2O. The summed E-state index contributed by atoms with van der Waals surface area (Å²) in [6.45, 7) is 4.34. The Morgan fingerprint density at radius 2 is 1.74 bits per heavy atom. The van der Waals surface area contributed by atoms with Crippen molar-refractivity contribution in [1.29, 1.82) is 0 Å². The van der Waals surface area contributed by atoms with E-state index in [0.717, 1.165) is 54.7 Å². The Morgan fingerprint density at radius 1 is 1.15 bits per heavy atom. The van der Waals surface area contributed by atoms with Crippen LogP contribution in [0.15, 0.2) is 18.2 Å². The molecule has 0 saturated heterocycles. The van der Waals surface area contributed by atoms with E-state index in [4.69, 9.17) is 17.3 Å².